The minimum absolute atomic E-state index is 0.0755. The number of nitrogens with one attached hydrogen (secondary N) is 1. The first-order chi connectivity index (χ1) is 9.40. The maximum absolute atomic E-state index is 13.2. The van der Waals surface area contributed by atoms with E-state index in [0.29, 0.717) is 19.8 Å². The normalized spacial score (nSPS) is 20.0. The molecule has 3 N–H and O–H groups in total. The highest BCUT2D eigenvalue weighted by Gasteiger charge is 2.22. The number of anilines is 1. The van der Waals surface area contributed by atoms with Crippen LogP contribution in [0.1, 0.15) is 0 Å². The quantitative estimate of drug-likeness (QED) is 0.769. The fraction of sp³-hybridized carbons (Fsp3) is 0.455. The largest absolute Gasteiger partial charge is 0.396 e. The van der Waals surface area contributed by atoms with Gasteiger partial charge in [0.15, 0.2) is 0 Å². The molecule has 2 rings (SSSR count). The van der Waals surface area contributed by atoms with E-state index in [1.165, 1.54) is 0 Å². The predicted molar refractivity (Wildman–Crippen MR) is 74.3 cm³/mol. The highest BCUT2D eigenvalue weighted by Crippen LogP contribution is 2.26. The Morgan fingerprint density at radius 1 is 1.45 bits per heavy atom. The van der Waals surface area contributed by atoms with Crippen molar-refractivity contribution < 1.29 is 22.3 Å². The molecule has 20 heavy (non-hydrogen) atoms. The van der Waals surface area contributed by atoms with Crippen LogP contribution in [-0.4, -0.2) is 40.9 Å². The Morgan fingerprint density at radius 3 is 2.85 bits per heavy atom. The first-order valence-electron chi connectivity index (χ1n) is 5.83. The van der Waals surface area contributed by atoms with Gasteiger partial charge in [-0.3, -0.25) is 0 Å². The topological polar surface area (TPSA) is 90.7 Å². The Kier molecular flexibility index (Phi) is 4.97. The Hall–Kier alpha value is -0.740. The van der Waals surface area contributed by atoms with Gasteiger partial charge < -0.3 is 15.2 Å². The van der Waals surface area contributed by atoms with Crippen LogP contribution < -0.4 is 10.5 Å². The fourth-order valence-electron chi connectivity index (χ4n) is 1.69. The lowest BCUT2D eigenvalue weighted by Gasteiger charge is -2.23. The zero-order chi connectivity index (χ0) is 14.8. The van der Waals surface area contributed by atoms with Crippen LogP contribution >= 0.6 is 15.9 Å². The van der Waals surface area contributed by atoms with E-state index in [2.05, 4.69) is 20.7 Å². The van der Waals surface area contributed by atoms with E-state index in [4.69, 9.17) is 15.2 Å². The van der Waals surface area contributed by atoms with E-state index in [0.717, 1.165) is 12.1 Å². The lowest BCUT2D eigenvalue weighted by Crippen LogP contribution is -2.39. The third-order valence-electron chi connectivity index (χ3n) is 2.73. The molecule has 0 saturated carbocycles. The summed E-state index contributed by atoms with van der Waals surface area (Å²) in [4.78, 5) is -0.117. The minimum atomic E-state index is -3.81. The van der Waals surface area contributed by atoms with Crippen molar-refractivity contribution in [2.75, 3.05) is 32.1 Å². The number of rotatable bonds is 4. The summed E-state index contributed by atoms with van der Waals surface area (Å²) >= 11 is 3.01. The molecule has 1 heterocycles. The van der Waals surface area contributed by atoms with Crippen molar-refractivity contribution in [2.45, 2.75) is 11.0 Å². The van der Waals surface area contributed by atoms with E-state index >= 15 is 0 Å². The van der Waals surface area contributed by atoms with Gasteiger partial charge in [0, 0.05) is 11.0 Å². The van der Waals surface area contributed by atoms with Crippen molar-refractivity contribution in [3.8, 4) is 0 Å². The minimum Gasteiger partial charge on any atom is -0.396 e. The summed E-state index contributed by atoms with van der Waals surface area (Å²) in [6.07, 6.45) is -0.338. The average Bonchev–Trinajstić information content (AvgIpc) is 2.42. The lowest BCUT2D eigenvalue weighted by atomic mass is 10.3. The van der Waals surface area contributed by atoms with Gasteiger partial charge in [0.2, 0.25) is 10.0 Å². The molecule has 1 aliphatic heterocycles. The van der Waals surface area contributed by atoms with Gasteiger partial charge in [-0.2, -0.15) is 0 Å². The van der Waals surface area contributed by atoms with Crippen LogP contribution in [0.4, 0.5) is 10.1 Å². The molecule has 0 bridgehead atoms. The van der Waals surface area contributed by atoms with Crippen LogP contribution in [-0.2, 0) is 19.5 Å². The maximum Gasteiger partial charge on any atom is 0.241 e. The van der Waals surface area contributed by atoms with Crippen LogP contribution in [0.5, 0.6) is 0 Å². The smallest absolute Gasteiger partial charge is 0.241 e. The molecule has 1 aromatic rings. The molecular formula is C11H14BrFN2O4S. The summed E-state index contributed by atoms with van der Waals surface area (Å²) in [7, 11) is -3.81. The number of nitrogens with two attached hydrogens (primary N) is 1. The number of halogens is 2. The Labute approximate surface area is 124 Å². The van der Waals surface area contributed by atoms with Crippen molar-refractivity contribution in [1.82, 2.24) is 4.72 Å². The molecule has 0 aliphatic carbocycles. The number of nitrogen functional groups attached to an aromatic ring is 1. The fourth-order valence-corrected chi connectivity index (χ4v) is 3.80. The van der Waals surface area contributed by atoms with Crippen molar-refractivity contribution in [1.29, 1.82) is 0 Å². The Bertz CT molecular complexity index is 590. The second-order valence-corrected chi connectivity index (χ2v) is 6.81. The van der Waals surface area contributed by atoms with Crippen LogP contribution in [0.3, 0.4) is 0 Å². The second kappa shape index (κ2) is 6.35. The van der Waals surface area contributed by atoms with Gasteiger partial charge in [0.05, 0.1) is 36.5 Å². The molecule has 6 nitrogen and oxygen atoms in total. The first-order valence-corrected chi connectivity index (χ1v) is 8.11. The molecule has 1 atom stereocenters. The lowest BCUT2D eigenvalue weighted by molar-refractivity contribution is -0.0846. The summed E-state index contributed by atoms with van der Waals surface area (Å²) in [5.41, 5.74) is 5.16. The van der Waals surface area contributed by atoms with Crippen LogP contribution in [0.25, 0.3) is 0 Å². The van der Waals surface area contributed by atoms with E-state index in [-0.39, 0.29) is 27.7 Å². The third-order valence-corrected chi connectivity index (χ3v) is 5.11. The second-order valence-electron chi connectivity index (χ2n) is 4.22. The molecule has 112 valence electrons. The predicted octanol–water partition coefficient (Wildman–Crippen LogP) is 0.864. The number of sulfonamides is 1. The zero-order valence-corrected chi connectivity index (χ0v) is 12.8. The van der Waals surface area contributed by atoms with Gasteiger partial charge >= 0.3 is 0 Å². The summed E-state index contributed by atoms with van der Waals surface area (Å²) < 4.78 is 50.5. The van der Waals surface area contributed by atoms with Crippen LogP contribution in [0, 0.1) is 5.82 Å². The summed E-state index contributed by atoms with van der Waals surface area (Å²) in [6, 6.07) is 2.09. The van der Waals surface area contributed by atoms with Crippen LogP contribution in [0.15, 0.2) is 21.5 Å². The molecular weight excluding hydrogens is 355 g/mol. The SMILES string of the molecule is Nc1cc(S(=O)(=O)NCC2COCCO2)c(Br)cc1F. The summed E-state index contributed by atoms with van der Waals surface area (Å²) in [5, 5.41) is 0. The van der Waals surface area contributed by atoms with Gasteiger partial charge in [0.25, 0.3) is 0 Å². The maximum atomic E-state index is 13.2. The number of ether oxygens (including phenoxy) is 2. The van der Waals surface area contributed by atoms with Gasteiger partial charge in [0.1, 0.15) is 5.82 Å². The Balaban J connectivity index is 2.11. The molecule has 0 amide bonds. The molecule has 9 heteroatoms. The van der Waals surface area contributed by atoms with E-state index in [1.807, 2.05) is 0 Å². The number of hydrogen-bond acceptors (Lipinski definition) is 5. The van der Waals surface area contributed by atoms with Crippen molar-refractivity contribution in [3.05, 3.63) is 22.4 Å². The van der Waals surface area contributed by atoms with Gasteiger partial charge in [-0.15, -0.1) is 0 Å². The molecule has 0 radical (unpaired) electrons. The molecule has 0 spiro atoms. The zero-order valence-electron chi connectivity index (χ0n) is 10.4. The standard InChI is InChI=1S/C11H14BrFN2O4S/c12-8-3-9(13)10(14)4-11(8)20(16,17)15-5-7-6-18-1-2-19-7/h3-4,7,15H,1-2,5-6,14H2. The molecule has 1 aromatic carbocycles. The highest BCUT2D eigenvalue weighted by molar-refractivity contribution is 9.10. The molecule has 0 aromatic heterocycles. The van der Waals surface area contributed by atoms with Crippen molar-refractivity contribution in [2.24, 2.45) is 0 Å². The average molecular weight is 369 g/mol. The number of hydrogen-bond donors (Lipinski definition) is 2. The van der Waals surface area contributed by atoms with Gasteiger partial charge in [-0.25, -0.2) is 17.5 Å². The van der Waals surface area contributed by atoms with Crippen LogP contribution in [0.2, 0.25) is 0 Å². The van der Waals surface area contributed by atoms with Gasteiger partial charge in [-0.05, 0) is 28.1 Å². The van der Waals surface area contributed by atoms with Crippen molar-refractivity contribution in [3.63, 3.8) is 0 Å². The highest BCUT2D eigenvalue weighted by atomic mass is 79.9. The van der Waals surface area contributed by atoms with Crippen molar-refractivity contribution >= 4 is 31.6 Å². The Morgan fingerprint density at radius 2 is 2.20 bits per heavy atom. The molecule has 1 unspecified atom stereocenters. The number of benzene rings is 1. The molecule has 1 saturated heterocycles. The summed E-state index contributed by atoms with van der Waals surface area (Å²) in [5.74, 6) is -0.681. The summed E-state index contributed by atoms with van der Waals surface area (Å²) in [6.45, 7) is 1.34. The molecule has 1 aliphatic rings. The first kappa shape index (κ1) is 15.6. The third kappa shape index (κ3) is 3.67. The monoisotopic (exact) mass is 368 g/mol. The van der Waals surface area contributed by atoms with E-state index in [1.54, 1.807) is 0 Å². The van der Waals surface area contributed by atoms with Gasteiger partial charge in [-0.1, -0.05) is 0 Å². The van der Waals surface area contributed by atoms with E-state index in [9.17, 15) is 12.8 Å². The molecule has 1 fully saturated rings. The van der Waals surface area contributed by atoms with E-state index < -0.39 is 15.8 Å².